The SMILES string of the molecule is CCC(C)(C)N(C)c1cc(Cl)c(F)cc1N. The van der Waals surface area contributed by atoms with E-state index in [0.717, 1.165) is 12.1 Å². The highest BCUT2D eigenvalue weighted by atomic mass is 35.5. The molecule has 0 aliphatic carbocycles. The van der Waals surface area contributed by atoms with Crippen LogP contribution in [-0.4, -0.2) is 12.6 Å². The van der Waals surface area contributed by atoms with Gasteiger partial charge in [-0.1, -0.05) is 18.5 Å². The summed E-state index contributed by atoms with van der Waals surface area (Å²) >= 11 is 5.77. The zero-order valence-electron chi connectivity index (χ0n) is 10.1. The van der Waals surface area contributed by atoms with Crippen molar-refractivity contribution < 1.29 is 4.39 Å². The van der Waals surface area contributed by atoms with Crippen LogP contribution in [0.2, 0.25) is 5.02 Å². The van der Waals surface area contributed by atoms with Crippen LogP contribution in [-0.2, 0) is 0 Å². The number of nitrogens with two attached hydrogens (primary N) is 1. The highest BCUT2D eigenvalue weighted by Gasteiger charge is 2.23. The lowest BCUT2D eigenvalue weighted by Gasteiger charge is -2.37. The molecule has 0 atom stereocenters. The van der Waals surface area contributed by atoms with Crippen LogP contribution in [0.3, 0.4) is 0 Å². The monoisotopic (exact) mass is 244 g/mol. The van der Waals surface area contributed by atoms with E-state index >= 15 is 0 Å². The van der Waals surface area contributed by atoms with E-state index in [1.807, 2.05) is 11.9 Å². The molecular weight excluding hydrogens is 227 g/mol. The molecule has 1 rings (SSSR count). The van der Waals surface area contributed by atoms with Crippen LogP contribution in [0.15, 0.2) is 12.1 Å². The van der Waals surface area contributed by atoms with Gasteiger partial charge in [-0.25, -0.2) is 4.39 Å². The topological polar surface area (TPSA) is 29.3 Å². The summed E-state index contributed by atoms with van der Waals surface area (Å²) in [5, 5.41) is 0.1000. The lowest BCUT2D eigenvalue weighted by atomic mass is 9.99. The van der Waals surface area contributed by atoms with Gasteiger partial charge in [-0.2, -0.15) is 0 Å². The second-order valence-electron chi connectivity index (χ2n) is 4.55. The van der Waals surface area contributed by atoms with E-state index in [1.54, 1.807) is 6.07 Å². The van der Waals surface area contributed by atoms with Crippen LogP contribution in [0.5, 0.6) is 0 Å². The maximum Gasteiger partial charge on any atom is 0.143 e. The van der Waals surface area contributed by atoms with Gasteiger partial charge in [0.1, 0.15) is 5.82 Å². The molecule has 0 spiro atoms. The fourth-order valence-corrected chi connectivity index (χ4v) is 1.56. The van der Waals surface area contributed by atoms with E-state index in [4.69, 9.17) is 17.3 Å². The Bertz CT molecular complexity index is 391. The van der Waals surface area contributed by atoms with Crippen LogP contribution < -0.4 is 10.6 Å². The molecule has 0 aliphatic heterocycles. The Morgan fingerprint density at radius 1 is 1.44 bits per heavy atom. The molecule has 0 aliphatic rings. The number of anilines is 2. The minimum Gasteiger partial charge on any atom is -0.397 e. The van der Waals surface area contributed by atoms with Gasteiger partial charge in [0.05, 0.1) is 16.4 Å². The maximum atomic E-state index is 13.2. The minimum atomic E-state index is -0.481. The van der Waals surface area contributed by atoms with Crippen LogP contribution in [0.25, 0.3) is 0 Å². The van der Waals surface area contributed by atoms with E-state index in [2.05, 4.69) is 20.8 Å². The molecule has 2 nitrogen and oxygen atoms in total. The lowest BCUT2D eigenvalue weighted by molar-refractivity contribution is 0.471. The van der Waals surface area contributed by atoms with Crippen molar-refractivity contribution in [1.29, 1.82) is 0 Å². The Kier molecular flexibility index (Phi) is 3.68. The van der Waals surface area contributed by atoms with Gasteiger partial charge < -0.3 is 10.6 Å². The second kappa shape index (κ2) is 4.50. The molecule has 1 aromatic rings. The third-order valence-corrected chi connectivity index (χ3v) is 3.49. The molecular formula is C12H18ClFN2. The summed E-state index contributed by atoms with van der Waals surface area (Å²) in [6.45, 7) is 6.30. The predicted octanol–water partition coefficient (Wildman–Crippen LogP) is 3.69. The zero-order chi connectivity index (χ0) is 12.5. The van der Waals surface area contributed by atoms with Gasteiger partial charge in [-0.05, 0) is 26.3 Å². The molecule has 0 fully saturated rings. The molecule has 90 valence electrons. The Labute approximate surface area is 101 Å². The number of benzene rings is 1. The first-order valence-electron chi connectivity index (χ1n) is 5.28. The molecule has 16 heavy (non-hydrogen) atoms. The highest BCUT2D eigenvalue weighted by Crippen LogP contribution is 2.33. The quantitative estimate of drug-likeness (QED) is 0.822. The summed E-state index contributed by atoms with van der Waals surface area (Å²) < 4.78 is 13.2. The van der Waals surface area contributed by atoms with E-state index in [-0.39, 0.29) is 10.6 Å². The van der Waals surface area contributed by atoms with Crippen molar-refractivity contribution in [2.24, 2.45) is 0 Å². The van der Waals surface area contributed by atoms with Crippen molar-refractivity contribution >= 4 is 23.0 Å². The molecule has 1 aromatic carbocycles. The van der Waals surface area contributed by atoms with Crippen molar-refractivity contribution in [1.82, 2.24) is 0 Å². The third kappa shape index (κ3) is 2.40. The first-order valence-corrected chi connectivity index (χ1v) is 5.65. The molecule has 0 aromatic heterocycles. The van der Waals surface area contributed by atoms with Crippen molar-refractivity contribution in [3.8, 4) is 0 Å². The van der Waals surface area contributed by atoms with Crippen molar-refractivity contribution in [3.05, 3.63) is 23.0 Å². The Morgan fingerprint density at radius 2 is 2.00 bits per heavy atom. The van der Waals surface area contributed by atoms with Crippen molar-refractivity contribution in [3.63, 3.8) is 0 Å². The second-order valence-corrected chi connectivity index (χ2v) is 4.96. The van der Waals surface area contributed by atoms with E-state index in [9.17, 15) is 4.39 Å². The Morgan fingerprint density at radius 3 is 2.50 bits per heavy atom. The lowest BCUT2D eigenvalue weighted by Crippen LogP contribution is -2.40. The largest absolute Gasteiger partial charge is 0.397 e. The fraction of sp³-hybridized carbons (Fsp3) is 0.500. The third-order valence-electron chi connectivity index (χ3n) is 3.20. The zero-order valence-corrected chi connectivity index (χ0v) is 10.9. The van der Waals surface area contributed by atoms with Crippen molar-refractivity contribution in [2.45, 2.75) is 32.7 Å². The van der Waals surface area contributed by atoms with Gasteiger partial charge in [0.15, 0.2) is 0 Å². The van der Waals surface area contributed by atoms with Gasteiger partial charge >= 0.3 is 0 Å². The number of hydrogen-bond donors (Lipinski definition) is 1. The first kappa shape index (κ1) is 13.1. The summed E-state index contributed by atoms with van der Waals surface area (Å²) in [7, 11) is 1.93. The molecule has 0 radical (unpaired) electrons. The maximum absolute atomic E-state index is 13.2. The van der Waals surface area contributed by atoms with E-state index in [1.165, 1.54) is 6.07 Å². The average Bonchev–Trinajstić information content (AvgIpc) is 2.22. The molecule has 0 saturated heterocycles. The average molecular weight is 245 g/mol. The summed E-state index contributed by atoms with van der Waals surface area (Å²) in [6, 6.07) is 2.84. The van der Waals surface area contributed by atoms with Crippen LogP contribution in [0.1, 0.15) is 27.2 Å². The van der Waals surface area contributed by atoms with Gasteiger partial charge in [0, 0.05) is 18.7 Å². The molecule has 0 unspecified atom stereocenters. The standard InChI is InChI=1S/C12H18ClFN2/c1-5-12(2,3)16(4)11-6-8(13)9(14)7-10(11)15/h6-7H,5,15H2,1-4H3. The first-order chi connectivity index (χ1) is 7.29. The van der Waals surface area contributed by atoms with E-state index in [0.29, 0.717) is 5.69 Å². The molecule has 0 saturated carbocycles. The van der Waals surface area contributed by atoms with Crippen LogP contribution in [0, 0.1) is 5.82 Å². The molecule has 0 heterocycles. The number of hydrogen-bond acceptors (Lipinski definition) is 2. The number of rotatable bonds is 3. The molecule has 4 heteroatoms. The van der Waals surface area contributed by atoms with Crippen LogP contribution >= 0.6 is 11.6 Å². The number of nitrogens with zero attached hydrogens (tertiary/aromatic N) is 1. The summed E-state index contributed by atoms with van der Waals surface area (Å²) in [4.78, 5) is 2.02. The smallest absolute Gasteiger partial charge is 0.143 e. The summed E-state index contributed by atoms with van der Waals surface area (Å²) in [5.41, 5.74) is 6.93. The van der Waals surface area contributed by atoms with Gasteiger partial charge in [0.2, 0.25) is 0 Å². The Balaban J connectivity index is 3.19. The molecule has 2 N–H and O–H groups in total. The molecule has 0 amide bonds. The summed E-state index contributed by atoms with van der Waals surface area (Å²) in [6.07, 6.45) is 0.956. The van der Waals surface area contributed by atoms with E-state index < -0.39 is 5.82 Å². The van der Waals surface area contributed by atoms with Gasteiger partial charge in [-0.15, -0.1) is 0 Å². The number of nitrogen functional groups attached to an aromatic ring is 1. The van der Waals surface area contributed by atoms with Crippen molar-refractivity contribution in [2.75, 3.05) is 17.7 Å². The van der Waals surface area contributed by atoms with Gasteiger partial charge in [-0.3, -0.25) is 0 Å². The Hall–Kier alpha value is -0.960. The highest BCUT2D eigenvalue weighted by molar-refractivity contribution is 6.31. The summed E-state index contributed by atoms with van der Waals surface area (Å²) in [5.74, 6) is -0.481. The van der Waals surface area contributed by atoms with Gasteiger partial charge in [0.25, 0.3) is 0 Å². The minimum absolute atomic E-state index is 0.0464. The number of halogens is 2. The van der Waals surface area contributed by atoms with Crippen LogP contribution in [0.4, 0.5) is 15.8 Å². The normalized spacial score (nSPS) is 11.6. The molecule has 0 bridgehead atoms. The predicted molar refractivity (Wildman–Crippen MR) is 68.6 cm³/mol. The fourth-order valence-electron chi connectivity index (χ4n) is 1.41.